The average molecular weight is 500 g/mol. The summed E-state index contributed by atoms with van der Waals surface area (Å²) in [6, 6.07) is 9.02. The number of Topliss-reactive ketones (excluding diaryl/α,β-unsaturated/α-hetero) is 1. The molecule has 1 aromatic carbocycles. The zero-order valence-electron chi connectivity index (χ0n) is 22.4. The minimum absolute atomic E-state index is 0.0438. The van der Waals surface area contributed by atoms with E-state index in [9.17, 15) is 9.59 Å². The summed E-state index contributed by atoms with van der Waals surface area (Å²) in [5, 5.41) is 0. The van der Waals surface area contributed by atoms with Gasteiger partial charge in [-0.05, 0) is 111 Å². The highest BCUT2D eigenvalue weighted by molar-refractivity contribution is 5.93. The molecule has 6 rings (SSSR count). The predicted molar refractivity (Wildman–Crippen MR) is 145 cm³/mol. The summed E-state index contributed by atoms with van der Waals surface area (Å²) in [6.45, 7) is 8.03. The number of ketones is 2. The Hall–Kier alpha value is -2.67. The predicted octanol–water partition coefficient (Wildman–Crippen LogP) is 6.73. The fourth-order valence-corrected chi connectivity index (χ4v) is 8.94. The van der Waals surface area contributed by atoms with Crippen molar-refractivity contribution < 1.29 is 14.0 Å². The van der Waals surface area contributed by atoms with Crippen molar-refractivity contribution in [3.63, 3.8) is 0 Å². The molecule has 3 nitrogen and oxygen atoms in total. The largest absolute Gasteiger partial charge is 0.372 e. The van der Waals surface area contributed by atoms with Crippen molar-refractivity contribution in [1.82, 2.24) is 0 Å². The van der Waals surface area contributed by atoms with E-state index in [0.29, 0.717) is 24.8 Å². The summed E-state index contributed by atoms with van der Waals surface area (Å²) >= 11 is 0. The summed E-state index contributed by atoms with van der Waals surface area (Å²) in [4.78, 5) is 28.0. The van der Waals surface area contributed by atoms with Gasteiger partial charge in [0.05, 0.1) is 5.41 Å². The van der Waals surface area contributed by atoms with Crippen LogP contribution in [0.1, 0.15) is 83.6 Å². The topological polar surface area (TPSA) is 37.4 Å². The number of alkyl halides is 1. The van der Waals surface area contributed by atoms with Gasteiger partial charge in [-0.15, -0.1) is 5.92 Å². The number of hydrogen-bond donors (Lipinski definition) is 0. The highest BCUT2D eigenvalue weighted by Crippen LogP contribution is 2.69. The molecule has 0 bridgehead atoms. The number of allylic oxidation sites excluding steroid dienone is 4. The molecule has 5 aliphatic rings. The Labute approximate surface area is 220 Å². The summed E-state index contributed by atoms with van der Waals surface area (Å²) < 4.78 is 15.7. The molecule has 4 aliphatic carbocycles. The van der Waals surface area contributed by atoms with Gasteiger partial charge in [-0.2, -0.15) is 0 Å². The SMILES string of the molecule is CC#C[C@]1(C(C)=O)CC[C@H]2[C@@H]3CC(F)C4=CC(=O)CCC4=C3C(c3ccc(N4CCCC4)cc3)C[C@@]21C. The van der Waals surface area contributed by atoms with Crippen LogP contribution in [-0.4, -0.2) is 30.8 Å². The Bertz CT molecular complexity index is 1260. The van der Waals surface area contributed by atoms with Crippen LogP contribution in [-0.2, 0) is 9.59 Å². The lowest BCUT2D eigenvalue weighted by molar-refractivity contribution is -0.130. The molecule has 2 unspecified atom stereocenters. The number of benzene rings is 1. The maximum atomic E-state index is 15.7. The molecule has 0 spiro atoms. The minimum Gasteiger partial charge on any atom is -0.372 e. The van der Waals surface area contributed by atoms with Gasteiger partial charge in [0.1, 0.15) is 12.0 Å². The molecule has 1 aliphatic heterocycles. The lowest BCUT2D eigenvalue weighted by Gasteiger charge is -2.55. The van der Waals surface area contributed by atoms with Crippen molar-refractivity contribution in [2.45, 2.75) is 84.2 Å². The Morgan fingerprint density at radius 1 is 1.14 bits per heavy atom. The number of nitrogens with zero attached hydrogens (tertiary/aromatic N) is 1. The number of halogens is 1. The molecule has 0 radical (unpaired) electrons. The second-order valence-corrected chi connectivity index (χ2v) is 12.3. The number of anilines is 1. The van der Waals surface area contributed by atoms with Crippen LogP contribution in [0.5, 0.6) is 0 Å². The fraction of sp³-hybridized carbons (Fsp3) is 0.576. The van der Waals surface area contributed by atoms with Crippen LogP contribution < -0.4 is 4.90 Å². The Morgan fingerprint density at radius 3 is 2.54 bits per heavy atom. The van der Waals surface area contributed by atoms with Crippen LogP contribution in [0.4, 0.5) is 10.1 Å². The number of rotatable bonds is 3. The minimum atomic E-state index is -1.11. The average Bonchev–Trinajstić information content (AvgIpc) is 3.52. The van der Waals surface area contributed by atoms with Gasteiger partial charge in [-0.3, -0.25) is 9.59 Å². The normalized spacial score (nSPS) is 36.8. The zero-order valence-corrected chi connectivity index (χ0v) is 22.4. The van der Waals surface area contributed by atoms with Crippen molar-refractivity contribution in [2.75, 3.05) is 18.0 Å². The Morgan fingerprint density at radius 2 is 1.86 bits per heavy atom. The van der Waals surface area contributed by atoms with Crippen molar-refractivity contribution in [3.8, 4) is 11.8 Å². The molecule has 1 heterocycles. The second kappa shape index (κ2) is 8.97. The molecule has 4 heteroatoms. The highest BCUT2D eigenvalue weighted by atomic mass is 19.1. The van der Waals surface area contributed by atoms with Gasteiger partial charge in [-0.1, -0.05) is 30.6 Å². The van der Waals surface area contributed by atoms with Gasteiger partial charge in [0, 0.05) is 31.1 Å². The van der Waals surface area contributed by atoms with E-state index in [-0.39, 0.29) is 34.7 Å². The first kappa shape index (κ1) is 24.7. The van der Waals surface area contributed by atoms with Gasteiger partial charge in [-0.25, -0.2) is 4.39 Å². The van der Waals surface area contributed by atoms with E-state index in [1.165, 1.54) is 29.7 Å². The number of fused-ring (bicyclic) bond motifs is 4. The standard InChI is InChI=1S/C33H38FNO2/c1-4-14-33(21(2)36)15-13-29-27-19-30(34)26-18-24(37)11-12-25(26)31(27)28(20-32(29,33)3)22-7-9-23(10-8-22)35-16-5-6-17-35/h7-10,18,27-30H,5-6,11-13,15-17,19-20H2,1-3H3/t27-,28?,29-,30?,32-,33+/m0/s1. The van der Waals surface area contributed by atoms with E-state index in [1.807, 2.05) is 6.92 Å². The van der Waals surface area contributed by atoms with Gasteiger partial charge in [0.2, 0.25) is 0 Å². The molecule has 194 valence electrons. The summed E-state index contributed by atoms with van der Waals surface area (Å²) in [5.41, 5.74) is 4.60. The molecule has 6 atom stereocenters. The molecule has 0 aromatic heterocycles. The molecular weight excluding hydrogens is 461 g/mol. The van der Waals surface area contributed by atoms with E-state index < -0.39 is 11.6 Å². The quantitative estimate of drug-likeness (QED) is 0.433. The molecule has 0 amide bonds. The first-order valence-corrected chi connectivity index (χ1v) is 14.2. The molecule has 1 aromatic rings. The maximum absolute atomic E-state index is 15.7. The first-order valence-electron chi connectivity index (χ1n) is 14.2. The highest BCUT2D eigenvalue weighted by Gasteiger charge is 2.65. The van der Waals surface area contributed by atoms with E-state index in [4.69, 9.17) is 0 Å². The van der Waals surface area contributed by atoms with Crippen molar-refractivity contribution >= 4 is 17.3 Å². The van der Waals surface area contributed by atoms with Crippen molar-refractivity contribution in [3.05, 3.63) is 52.6 Å². The lowest BCUT2D eigenvalue weighted by Crippen LogP contribution is -2.51. The van der Waals surface area contributed by atoms with Gasteiger partial charge in [0.15, 0.2) is 5.78 Å². The zero-order chi connectivity index (χ0) is 25.9. The smallest absolute Gasteiger partial charge is 0.156 e. The van der Waals surface area contributed by atoms with E-state index in [1.54, 1.807) is 13.0 Å². The lowest BCUT2D eigenvalue weighted by atomic mass is 9.48. The number of carbonyl (C=O) groups excluding carboxylic acids is 2. The molecule has 2 saturated carbocycles. The summed E-state index contributed by atoms with van der Waals surface area (Å²) in [5.74, 6) is 7.12. The number of carbonyl (C=O) groups is 2. The molecule has 3 fully saturated rings. The molecule has 37 heavy (non-hydrogen) atoms. The van der Waals surface area contributed by atoms with E-state index in [0.717, 1.165) is 37.9 Å². The monoisotopic (exact) mass is 499 g/mol. The Kier molecular flexibility index (Phi) is 5.98. The Balaban J connectivity index is 1.51. The molecular formula is C33H38FNO2. The maximum Gasteiger partial charge on any atom is 0.156 e. The fourth-order valence-electron chi connectivity index (χ4n) is 8.94. The molecule has 1 saturated heterocycles. The molecule has 0 N–H and O–H groups in total. The summed E-state index contributed by atoms with van der Waals surface area (Å²) in [7, 11) is 0. The third-order valence-corrected chi connectivity index (χ3v) is 10.7. The number of hydrogen-bond acceptors (Lipinski definition) is 3. The van der Waals surface area contributed by atoms with Crippen LogP contribution in [0.3, 0.4) is 0 Å². The van der Waals surface area contributed by atoms with Crippen LogP contribution in [0.25, 0.3) is 0 Å². The van der Waals surface area contributed by atoms with E-state index >= 15 is 4.39 Å². The van der Waals surface area contributed by atoms with Crippen molar-refractivity contribution in [1.29, 1.82) is 0 Å². The van der Waals surface area contributed by atoms with Gasteiger partial charge >= 0.3 is 0 Å². The third kappa shape index (κ3) is 3.60. The first-order chi connectivity index (χ1) is 17.8. The van der Waals surface area contributed by atoms with Crippen LogP contribution >= 0.6 is 0 Å². The third-order valence-electron chi connectivity index (χ3n) is 10.7. The van der Waals surface area contributed by atoms with E-state index in [2.05, 4.69) is 47.9 Å². The van der Waals surface area contributed by atoms with Crippen LogP contribution in [0.2, 0.25) is 0 Å². The second-order valence-electron chi connectivity index (χ2n) is 12.3. The van der Waals surface area contributed by atoms with Gasteiger partial charge < -0.3 is 4.90 Å². The summed E-state index contributed by atoms with van der Waals surface area (Å²) in [6.07, 6.45) is 6.95. The van der Waals surface area contributed by atoms with Crippen molar-refractivity contribution in [2.24, 2.45) is 22.7 Å². The van der Waals surface area contributed by atoms with Gasteiger partial charge in [0.25, 0.3) is 0 Å². The van der Waals surface area contributed by atoms with Crippen LogP contribution in [0, 0.1) is 34.5 Å². The van der Waals surface area contributed by atoms with Crippen LogP contribution in [0.15, 0.2) is 47.1 Å².